The van der Waals surface area contributed by atoms with Crippen LogP contribution in [0, 0.1) is 5.92 Å². The van der Waals surface area contributed by atoms with Gasteiger partial charge >= 0.3 is 0 Å². The highest BCUT2D eigenvalue weighted by molar-refractivity contribution is 4.71. The van der Waals surface area contributed by atoms with Crippen LogP contribution in [-0.2, 0) is 4.74 Å². The van der Waals surface area contributed by atoms with Crippen molar-refractivity contribution in [3.63, 3.8) is 0 Å². The molecular formula is C6H13NO. The zero-order chi connectivity index (χ0) is 5.98. The fraction of sp³-hybridized carbons (Fsp3) is 1.00. The fourth-order valence-electron chi connectivity index (χ4n) is 0.867. The third-order valence-electron chi connectivity index (χ3n) is 1.76. The van der Waals surface area contributed by atoms with E-state index in [1.165, 1.54) is 0 Å². The molecule has 1 saturated heterocycles. The van der Waals surface area contributed by atoms with E-state index in [1.807, 2.05) is 0 Å². The molecule has 2 heteroatoms. The normalized spacial score (nSPS) is 39.8. The Labute approximate surface area is 50.0 Å². The van der Waals surface area contributed by atoms with Gasteiger partial charge in [-0.1, -0.05) is 6.92 Å². The summed E-state index contributed by atoms with van der Waals surface area (Å²) >= 11 is 0. The third-order valence-corrected chi connectivity index (χ3v) is 1.76. The van der Waals surface area contributed by atoms with Crippen LogP contribution in [0.3, 0.4) is 0 Å². The predicted molar refractivity (Wildman–Crippen MR) is 32.6 cm³/mol. The largest absolute Gasteiger partial charge is 0.380 e. The van der Waals surface area contributed by atoms with Crippen molar-refractivity contribution >= 4 is 0 Å². The second-order valence-electron chi connectivity index (χ2n) is 2.50. The summed E-state index contributed by atoms with van der Waals surface area (Å²) in [4.78, 5) is 0. The molecule has 0 bridgehead atoms. The maximum atomic E-state index is 5.65. The Morgan fingerprint density at radius 3 is 2.75 bits per heavy atom. The number of nitrogens with two attached hydrogens (primary N) is 1. The smallest absolute Gasteiger partial charge is 0.0620 e. The van der Waals surface area contributed by atoms with E-state index in [1.54, 1.807) is 0 Å². The third kappa shape index (κ3) is 1.20. The summed E-state index contributed by atoms with van der Waals surface area (Å²) < 4.78 is 5.13. The Hall–Kier alpha value is -0.0800. The summed E-state index contributed by atoms with van der Waals surface area (Å²) in [5.41, 5.74) is 5.65. The zero-order valence-electron chi connectivity index (χ0n) is 5.26. The number of ether oxygens (including phenoxy) is 1. The van der Waals surface area contributed by atoms with Gasteiger partial charge in [0.2, 0.25) is 0 Å². The Kier molecular flexibility index (Phi) is 1.86. The van der Waals surface area contributed by atoms with Gasteiger partial charge in [0.15, 0.2) is 0 Å². The van der Waals surface area contributed by atoms with Gasteiger partial charge in [-0.15, -0.1) is 0 Å². The van der Waals surface area contributed by atoms with Gasteiger partial charge in [-0.2, -0.15) is 0 Å². The molecule has 2 atom stereocenters. The standard InChI is InChI=1S/C6H13NO/c1-5-2-3-8-4-6(5)7/h5-6H,2-4,7H2,1H3/t5-,6-/m1/s1. The topological polar surface area (TPSA) is 35.2 Å². The van der Waals surface area contributed by atoms with Gasteiger partial charge in [0, 0.05) is 12.6 Å². The van der Waals surface area contributed by atoms with Crippen molar-refractivity contribution in [2.24, 2.45) is 11.7 Å². The summed E-state index contributed by atoms with van der Waals surface area (Å²) in [6, 6.07) is 0.281. The molecule has 1 aliphatic rings. The number of hydrogen-bond donors (Lipinski definition) is 1. The van der Waals surface area contributed by atoms with E-state index in [2.05, 4.69) is 6.92 Å². The van der Waals surface area contributed by atoms with E-state index in [9.17, 15) is 0 Å². The van der Waals surface area contributed by atoms with Crippen LogP contribution in [0.25, 0.3) is 0 Å². The molecular weight excluding hydrogens is 102 g/mol. The Morgan fingerprint density at radius 1 is 1.62 bits per heavy atom. The first-order valence-electron chi connectivity index (χ1n) is 3.14. The van der Waals surface area contributed by atoms with Crippen LogP contribution in [-0.4, -0.2) is 19.3 Å². The fourth-order valence-corrected chi connectivity index (χ4v) is 0.867. The van der Waals surface area contributed by atoms with Crippen molar-refractivity contribution < 1.29 is 4.74 Å². The maximum Gasteiger partial charge on any atom is 0.0620 e. The van der Waals surface area contributed by atoms with E-state index in [4.69, 9.17) is 10.5 Å². The predicted octanol–water partition coefficient (Wildman–Crippen LogP) is 0.370. The van der Waals surface area contributed by atoms with Crippen molar-refractivity contribution in [3.8, 4) is 0 Å². The van der Waals surface area contributed by atoms with Gasteiger partial charge < -0.3 is 10.5 Å². The van der Waals surface area contributed by atoms with Gasteiger partial charge in [-0.25, -0.2) is 0 Å². The lowest BCUT2D eigenvalue weighted by Crippen LogP contribution is -2.37. The van der Waals surface area contributed by atoms with Gasteiger partial charge in [0.05, 0.1) is 6.61 Å². The molecule has 2 nitrogen and oxygen atoms in total. The Balaban J connectivity index is 2.28. The molecule has 1 fully saturated rings. The summed E-state index contributed by atoms with van der Waals surface area (Å²) in [5.74, 6) is 0.656. The highest BCUT2D eigenvalue weighted by Gasteiger charge is 2.16. The van der Waals surface area contributed by atoms with Gasteiger partial charge in [0.1, 0.15) is 0 Å². The van der Waals surface area contributed by atoms with Gasteiger partial charge in [-0.05, 0) is 12.3 Å². The molecule has 0 aliphatic carbocycles. The molecule has 0 aromatic carbocycles. The lowest BCUT2D eigenvalue weighted by atomic mass is 9.98. The minimum Gasteiger partial charge on any atom is -0.380 e. The lowest BCUT2D eigenvalue weighted by molar-refractivity contribution is 0.0546. The molecule has 1 rings (SSSR count). The van der Waals surface area contributed by atoms with Gasteiger partial charge in [-0.3, -0.25) is 0 Å². The van der Waals surface area contributed by atoms with Crippen LogP contribution in [0.5, 0.6) is 0 Å². The quantitative estimate of drug-likeness (QED) is 0.495. The van der Waals surface area contributed by atoms with Crippen LogP contribution >= 0.6 is 0 Å². The van der Waals surface area contributed by atoms with Crippen LogP contribution in [0.15, 0.2) is 0 Å². The summed E-state index contributed by atoms with van der Waals surface area (Å²) in [6.45, 7) is 3.82. The summed E-state index contributed by atoms with van der Waals surface area (Å²) in [6.07, 6.45) is 1.13. The maximum absolute atomic E-state index is 5.65. The molecule has 0 aromatic rings. The molecule has 0 spiro atoms. The lowest BCUT2D eigenvalue weighted by Gasteiger charge is -2.24. The van der Waals surface area contributed by atoms with Crippen molar-refractivity contribution in [2.45, 2.75) is 19.4 Å². The van der Waals surface area contributed by atoms with Crippen molar-refractivity contribution in [1.82, 2.24) is 0 Å². The van der Waals surface area contributed by atoms with E-state index in [0.717, 1.165) is 19.6 Å². The second kappa shape index (κ2) is 2.46. The minimum absolute atomic E-state index is 0.281. The summed E-state index contributed by atoms with van der Waals surface area (Å²) in [7, 11) is 0. The van der Waals surface area contributed by atoms with Crippen molar-refractivity contribution in [2.75, 3.05) is 13.2 Å². The molecule has 0 amide bonds. The molecule has 0 saturated carbocycles. The molecule has 1 aliphatic heterocycles. The molecule has 0 unspecified atom stereocenters. The van der Waals surface area contributed by atoms with E-state index >= 15 is 0 Å². The number of rotatable bonds is 0. The van der Waals surface area contributed by atoms with Crippen LogP contribution in [0.2, 0.25) is 0 Å². The van der Waals surface area contributed by atoms with Crippen LogP contribution in [0.4, 0.5) is 0 Å². The second-order valence-corrected chi connectivity index (χ2v) is 2.50. The Morgan fingerprint density at radius 2 is 2.38 bits per heavy atom. The Bertz CT molecular complexity index is 64.9. The number of hydrogen-bond acceptors (Lipinski definition) is 2. The van der Waals surface area contributed by atoms with Crippen molar-refractivity contribution in [3.05, 3.63) is 0 Å². The van der Waals surface area contributed by atoms with Crippen LogP contribution in [0.1, 0.15) is 13.3 Å². The summed E-state index contributed by atoms with van der Waals surface area (Å²) in [5, 5.41) is 0. The molecule has 1 heterocycles. The average molecular weight is 115 g/mol. The first kappa shape index (κ1) is 6.05. The SMILES string of the molecule is C[C@@H]1CCOC[C@H]1N. The van der Waals surface area contributed by atoms with Crippen LogP contribution < -0.4 is 5.73 Å². The zero-order valence-corrected chi connectivity index (χ0v) is 5.26. The first-order chi connectivity index (χ1) is 3.80. The highest BCUT2D eigenvalue weighted by atomic mass is 16.5. The van der Waals surface area contributed by atoms with E-state index < -0.39 is 0 Å². The molecule has 8 heavy (non-hydrogen) atoms. The molecule has 48 valence electrons. The average Bonchev–Trinajstić information content (AvgIpc) is 1.77. The van der Waals surface area contributed by atoms with Crippen molar-refractivity contribution in [1.29, 1.82) is 0 Å². The van der Waals surface area contributed by atoms with E-state index in [0.29, 0.717) is 5.92 Å². The van der Waals surface area contributed by atoms with E-state index in [-0.39, 0.29) is 6.04 Å². The van der Waals surface area contributed by atoms with Gasteiger partial charge in [0.25, 0.3) is 0 Å². The molecule has 0 radical (unpaired) electrons. The highest BCUT2D eigenvalue weighted by Crippen LogP contribution is 2.11. The first-order valence-corrected chi connectivity index (χ1v) is 3.14. The monoisotopic (exact) mass is 115 g/mol. The minimum atomic E-state index is 0.281. The molecule has 0 aromatic heterocycles. The molecule has 2 N–H and O–H groups in total.